The number of carbonyl (C=O) groups is 1. The first-order valence-corrected chi connectivity index (χ1v) is 5.22. The zero-order valence-electron chi connectivity index (χ0n) is 9.40. The predicted molar refractivity (Wildman–Crippen MR) is 63.6 cm³/mol. The van der Waals surface area contributed by atoms with E-state index in [2.05, 4.69) is 4.98 Å². The Bertz CT molecular complexity index is 484. The summed E-state index contributed by atoms with van der Waals surface area (Å²) in [5.74, 6) is -0.00352. The fourth-order valence-corrected chi connectivity index (χ4v) is 1.68. The van der Waals surface area contributed by atoms with Crippen LogP contribution < -0.4 is 0 Å². The third kappa shape index (κ3) is 1.87. The SMILES string of the molecule is Cc1ccccc1C(=O)c1ncccc1C. The van der Waals surface area contributed by atoms with Crippen LogP contribution in [0.15, 0.2) is 42.6 Å². The van der Waals surface area contributed by atoms with Gasteiger partial charge in [-0.15, -0.1) is 0 Å². The molecule has 1 aromatic heterocycles. The van der Waals surface area contributed by atoms with Gasteiger partial charge in [-0.1, -0.05) is 30.3 Å². The second-order valence-electron chi connectivity index (χ2n) is 3.81. The Labute approximate surface area is 95.0 Å². The van der Waals surface area contributed by atoms with Crippen molar-refractivity contribution < 1.29 is 4.79 Å². The summed E-state index contributed by atoms with van der Waals surface area (Å²) in [5.41, 5.74) is 3.16. The Hall–Kier alpha value is -1.96. The summed E-state index contributed by atoms with van der Waals surface area (Å²) in [6.07, 6.45) is 1.65. The molecule has 1 aromatic carbocycles. The number of rotatable bonds is 2. The van der Waals surface area contributed by atoms with Crippen LogP contribution in [0.4, 0.5) is 0 Å². The van der Waals surface area contributed by atoms with Crippen molar-refractivity contribution >= 4 is 5.78 Å². The molecule has 0 spiro atoms. The van der Waals surface area contributed by atoms with Crippen LogP contribution in [-0.2, 0) is 0 Å². The first kappa shape index (κ1) is 10.6. The van der Waals surface area contributed by atoms with E-state index in [0.29, 0.717) is 5.69 Å². The van der Waals surface area contributed by atoms with Gasteiger partial charge < -0.3 is 0 Å². The van der Waals surface area contributed by atoms with Gasteiger partial charge in [-0.25, -0.2) is 0 Å². The smallest absolute Gasteiger partial charge is 0.211 e. The number of hydrogen-bond acceptors (Lipinski definition) is 2. The van der Waals surface area contributed by atoms with Crippen molar-refractivity contribution in [3.05, 3.63) is 65.0 Å². The van der Waals surface area contributed by atoms with Crippen molar-refractivity contribution in [1.82, 2.24) is 4.98 Å². The van der Waals surface area contributed by atoms with Crippen molar-refractivity contribution in [3.63, 3.8) is 0 Å². The first-order chi connectivity index (χ1) is 7.70. The molecule has 0 aliphatic carbocycles. The summed E-state index contributed by atoms with van der Waals surface area (Å²) in [4.78, 5) is 16.4. The highest BCUT2D eigenvalue weighted by Gasteiger charge is 2.14. The van der Waals surface area contributed by atoms with E-state index in [-0.39, 0.29) is 5.78 Å². The van der Waals surface area contributed by atoms with Crippen molar-refractivity contribution in [2.24, 2.45) is 0 Å². The van der Waals surface area contributed by atoms with Crippen molar-refractivity contribution in [1.29, 1.82) is 0 Å². The maximum Gasteiger partial charge on any atom is 0.211 e. The Morgan fingerprint density at radius 1 is 1.00 bits per heavy atom. The summed E-state index contributed by atoms with van der Waals surface area (Å²) < 4.78 is 0. The average Bonchev–Trinajstić information content (AvgIpc) is 2.29. The average molecular weight is 211 g/mol. The van der Waals surface area contributed by atoms with Crippen molar-refractivity contribution in [3.8, 4) is 0 Å². The second kappa shape index (κ2) is 4.27. The highest BCUT2D eigenvalue weighted by atomic mass is 16.1. The van der Waals surface area contributed by atoms with E-state index in [0.717, 1.165) is 16.7 Å². The molecule has 0 saturated carbocycles. The highest BCUT2D eigenvalue weighted by Crippen LogP contribution is 2.14. The molecule has 0 atom stereocenters. The molecule has 2 rings (SSSR count). The summed E-state index contributed by atoms with van der Waals surface area (Å²) in [7, 11) is 0. The third-order valence-corrected chi connectivity index (χ3v) is 2.61. The van der Waals surface area contributed by atoms with Gasteiger partial charge in [0.2, 0.25) is 5.78 Å². The highest BCUT2D eigenvalue weighted by molar-refractivity contribution is 6.09. The number of hydrogen-bond donors (Lipinski definition) is 0. The summed E-state index contributed by atoms with van der Waals surface area (Å²) >= 11 is 0. The quantitative estimate of drug-likeness (QED) is 0.715. The molecule has 2 aromatic rings. The van der Waals surface area contributed by atoms with Gasteiger partial charge in [0, 0.05) is 11.8 Å². The predicted octanol–water partition coefficient (Wildman–Crippen LogP) is 2.93. The lowest BCUT2D eigenvalue weighted by Gasteiger charge is -2.05. The number of aryl methyl sites for hydroxylation is 2. The molecule has 0 radical (unpaired) electrons. The minimum absolute atomic E-state index is 0.00352. The molecule has 0 amide bonds. The molecule has 0 bridgehead atoms. The van der Waals surface area contributed by atoms with Gasteiger partial charge >= 0.3 is 0 Å². The standard InChI is InChI=1S/C14H13NO/c1-10-6-3-4-8-12(10)14(16)13-11(2)7-5-9-15-13/h3-9H,1-2H3. The number of ketones is 1. The van der Waals surface area contributed by atoms with Gasteiger partial charge in [-0.3, -0.25) is 9.78 Å². The third-order valence-electron chi connectivity index (χ3n) is 2.61. The second-order valence-corrected chi connectivity index (χ2v) is 3.81. The Kier molecular flexibility index (Phi) is 2.82. The molecule has 0 aliphatic heterocycles. The summed E-state index contributed by atoms with van der Waals surface area (Å²) in [5, 5.41) is 0. The van der Waals surface area contributed by atoms with Crippen LogP contribution in [-0.4, -0.2) is 10.8 Å². The normalized spacial score (nSPS) is 10.1. The van der Waals surface area contributed by atoms with Crippen LogP contribution in [0.1, 0.15) is 27.2 Å². The van der Waals surface area contributed by atoms with E-state index in [4.69, 9.17) is 0 Å². The Morgan fingerprint density at radius 2 is 1.69 bits per heavy atom. The molecular formula is C14H13NO. The van der Waals surface area contributed by atoms with Crippen LogP contribution in [0.2, 0.25) is 0 Å². The van der Waals surface area contributed by atoms with Gasteiger partial charge in [0.1, 0.15) is 5.69 Å². The van der Waals surface area contributed by atoms with Crippen LogP contribution in [0.5, 0.6) is 0 Å². The lowest BCUT2D eigenvalue weighted by Crippen LogP contribution is -2.07. The number of nitrogens with zero attached hydrogens (tertiary/aromatic N) is 1. The minimum Gasteiger partial charge on any atom is -0.287 e. The lowest BCUT2D eigenvalue weighted by molar-refractivity contribution is 0.103. The Balaban J connectivity index is 2.48. The minimum atomic E-state index is -0.00352. The molecule has 16 heavy (non-hydrogen) atoms. The number of aromatic nitrogens is 1. The van der Waals surface area contributed by atoms with Gasteiger partial charge in [0.15, 0.2) is 0 Å². The van der Waals surface area contributed by atoms with E-state index < -0.39 is 0 Å². The molecule has 0 fully saturated rings. The zero-order chi connectivity index (χ0) is 11.5. The molecule has 0 N–H and O–H groups in total. The largest absolute Gasteiger partial charge is 0.287 e. The topological polar surface area (TPSA) is 30.0 Å². The van der Waals surface area contributed by atoms with E-state index in [9.17, 15) is 4.79 Å². The molecule has 0 unspecified atom stereocenters. The zero-order valence-corrected chi connectivity index (χ0v) is 9.40. The number of pyridine rings is 1. The van der Waals surface area contributed by atoms with E-state index in [1.807, 2.05) is 50.2 Å². The van der Waals surface area contributed by atoms with Gasteiger partial charge in [0.25, 0.3) is 0 Å². The summed E-state index contributed by atoms with van der Waals surface area (Å²) in [6.45, 7) is 3.84. The molecule has 2 nitrogen and oxygen atoms in total. The molecule has 0 aliphatic rings. The maximum absolute atomic E-state index is 12.2. The number of benzene rings is 1. The maximum atomic E-state index is 12.2. The van der Waals surface area contributed by atoms with Gasteiger partial charge in [-0.2, -0.15) is 0 Å². The van der Waals surface area contributed by atoms with Crippen LogP contribution >= 0.6 is 0 Å². The van der Waals surface area contributed by atoms with E-state index in [1.54, 1.807) is 6.20 Å². The van der Waals surface area contributed by atoms with Crippen molar-refractivity contribution in [2.45, 2.75) is 13.8 Å². The molecule has 1 heterocycles. The van der Waals surface area contributed by atoms with E-state index >= 15 is 0 Å². The van der Waals surface area contributed by atoms with E-state index in [1.165, 1.54) is 0 Å². The summed E-state index contributed by atoms with van der Waals surface area (Å²) in [6, 6.07) is 11.3. The lowest BCUT2D eigenvalue weighted by atomic mass is 10.0. The Morgan fingerprint density at radius 3 is 2.38 bits per heavy atom. The molecular weight excluding hydrogens is 198 g/mol. The van der Waals surface area contributed by atoms with Crippen LogP contribution in [0, 0.1) is 13.8 Å². The first-order valence-electron chi connectivity index (χ1n) is 5.22. The fraction of sp³-hybridized carbons (Fsp3) is 0.143. The molecule has 0 saturated heterocycles. The molecule has 2 heteroatoms. The van der Waals surface area contributed by atoms with Gasteiger partial charge in [-0.05, 0) is 31.0 Å². The fourth-order valence-electron chi connectivity index (χ4n) is 1.68. The van der Waals surface area contributed by atoms with Crippen LogP contribution in [0.25, 0.3) is 0 Å². The van der Waals surface area contributed by atoms with Crippen molar-refractivity contribution in [2.75, 3.05) is 0 Å². The molecule has 80 valence electrons. The number of carbonyl (C=O) groups excluding carboxylic acids is 1. The van der Waals surface area contributed by atoms with Gasteiger partial charge in [0.05, 0.1) is 0 Å². The van der Waals surface area contributed by atoms with Crippen LogP contribution in [0.3, 0.4) is 0 Å². The monoisotopic (exact) mass is 211 g/mol.